The van der Waals surface area contributed by atoms with E-state index in [0.29, 0.717) is 13.1 Å². The van der Waals surface area contributed by atoms with Crippen LogP contribution >= 0.6 is 0 Å². The molecule has 3 heteroatoms. The Labute approximate surface area is 55.1 Å². The van der Waals surface area contributed by atoms with Crippen LogP contribution in [0.15, 0.2) is 0 Å². The molecule has 0 spiro atoms. The van der Waals surface area contributed by atoms with Crippen molar-refractivity contribution in [3.05, 3.63) is 0 Å². The zero-order chi connectivity index (χ0) is 5.54. The molecular formula is C4H8OSe2. The summed E-state index contributed by atoms with van der Waals surface area (Å²) in [4.78, 5) is 9.71. The van der Waals surface area contributed by atoms with E-state index < -0.39 is 0 Å². The second-order valence-corrected chi connectivity index (χ2v) is 8.90. The summed E-state index contributed by atoms with van der Waals surface area (Å²) in [6, 6.07) is 0. The Kier molecular flexibility index (Phi) is 7.39. The molecule has 0 aromatic carbocycles. The maximum atomic E-state index is 9.71. The molecule has 0 N–H and O–H groups in total. The van der Waals surface area contributed by atoms with E-state index >= 15 is 0 Å². The van der Waals surface area contributed by atoms with Crippen LogP contribution < -0.4 is 0 Å². The molecule has 0 unspecified atom stereocenters. The summed E-state index contributed by atoms with van der Waals surface area (Å²) >= 11 is 1.47. The summed E-state index contributed by atoms with van der Waals surface area (Å²) in [5.41, 5.74) is 0. The average Bonchev–Trinajstić information content (AvgIpc) is 1.69. The van der Waals surface area contributed by atoms with Gasteiger partial charge in [-0.3, -0.25) is 0 Å². The van der Waals surface area contributed by atoms with Gasteiger partial charge >= 0.3 is 54.9 Å². The molecule has 0 saturated heterocycles. The Morgan fingerprint density at radius 3 is 2.71 bits per heavy atom. The van der Waals surface area contributed by atoms with Crippen molar-refractivity contribution in [3.8, 4) is 0 Å². The molecule has 0 rings (SSSR count). The number of carbonyl (C=O) groups is 1. The van der Waals surface area contributed by atoms with Gasteiger partial charge in [-0.2, -0.15) is 0 Å². The van der Waals surface area contributed by atoms with Gasteiger partial charge < -0.3 is 0 Å². The van der Waals surface area contributed by atoms with E-state index in [-0.39, 0.29) is 0 Å². The first kappa shape index (κ1) is 7.71. The molecule has 0 aliphatic carbocycles. The van der Waals surface area contributed by atoms with Gasteiger partial charge in [0.05, 0.1) is 0 Å². The minimum atomic E-state index is 0.670. The summed E-state index contributed by atoms with van der Waals surface area (Å²) < 4.78 is 0. The number of rotatable bonds is 4. The standard InChI is InChI=1S/C4H8OSe2/c1-2-6-7-4-3-5/h3H,2,4H2,1H3. The molecule has 0 amide bonds. The van der Waals surface area contributed by atoms with Gasteiger partial charge in [0.25, 0.3) is 0 Å². The van der Waals surface area contributed by atoms with Gasteiger partial charge in [0, 0.05) is 0 Å². The molecule has 7 heavy (non-hydrogen) atoms. The van der Waals surface area contributed by atoms with Gasteiger partial charge in [-0.1, -0.05) is 0 Å². The van der Waals surface area contributed by atoms with Gasteiger partial charge in [-0.15, -0.1) is 0 Å². The van der Waals surface area contributed by atoms with E-state index in [1.807, 2.05) is 0 Å². The number of carbonyl (C=O) groups excluding carboxylic acids is 1. The van der Waals surface area contributed by atoms with Crippen molar-refractivity contribution in [3.63, 3.8) is 0 Å². The molecule has 0 fully saturated rings. The summed E-state index contributed by atoms with van der Waals surface area (Å²) in [5, 5.41) is 2.13. The fourth-order valence-corrected chi connectivity index (χ4v) is 4.30. The van der Waals surface area contributed by atoms with Gasteiger partial charge in [0.15, 0.2) is 0 Å². The molecule has 0 aliphatic heterocycles. The van der Waals surface area contributed by atoms with Gasteiger partial charge in [-0.25, -0.2) is 0 Å². The van der Waals surface area contributed by atoms with Crippen molar-refractivity contribution >= 4 is 32.5 Å². The van der Waals surface area contributed by atoms with Crippen LogP contribution in [0.5, 0.6) is 0 Å². The summed E-state index contributed by atoms with van der Waals surface area (Å²) in [6.45, 7) is 2.17. The van der Waals surface area contributed by atoms with E-state index in [1.165, 1.54) is 5.32 Å². The normalized spacial score (nSPS) is 8.71. The van der Waals surface area contributed by atoms with E-state index in [9.17, 15) is 4.79 Å². The molecule has 0 heterocycles. The Morgan fingerprint density at radius 2 is 2.29 bits per heavy atom. The van der Waals surface area contributed by atoms with E-state index in [2.05, 4.69) is 6.92 Å². The molecule has 0 atom stereocenters. The zero-order valence-corrected chi connectivity index (χ0v) is 7.64. The number of aldehydes is 1. The van der Waals surface area contributed by atoms with Crippen molar-refractivity contribution < 1.29 is 4.79 Å². The average molecular weight is 230 g/mol. The second-order valence-electron chi connectivity index (χ2n) is 0.858. The van der Waals surface area contributed by atoms with Crippen LogP contribution in [0.1, 0.15) is 6.92 Å². The Morgan fingerprint density at radius 1 is 1.57 bits per heavy atom. The molecule has 42 valence electrons. The maximum absolute atomic E-state index is 9.71. The topological polar surface area (TPSA) is 17.1 Å². The summed E-state index contributed by atoms with van der Waals surface area (Å²) in [6.07, 6.45) is 1.03. The van der Waals surface area contributed by atoms with Crippen LogP contribution in [0.2, 0.25) is 10.6 Å². The van der Waals surface area contributed by atoms with Crippen molar-refractivity contribution in [2.24, 2.45) is 0 Å². The Hall–Kier alpha value is 0.709. The summed E-state index contributed by atoms with van der Waals surface area (Å²) in [7, 11) is 0. The van der Waals surface area contributed by atoms with E-state index in [4.69, 9.17) is 0 Å². The monoisotopic (exact) mass is 232 g/mol. The predicted molar refractivity (Wildman–Crippen MR) is 32.9 cm³/mol. The predicted octanol–water partition coefficient (Wildman–Crippen LogP) is 0.365. The van der Waals surface area contributed by atoms with E-state index in [1.54, 1.807) is 0 Å². The molecule has 0 saturated carbocycles. The molecule has 0 bridgehead atoms. The van der Waals surface area contributed by atoms with Crippen LogP contribution in [0.25, 0.3) is 0 Å². The third kappa shape index (κ3) is 6.71. The quantitative estimate of drug-likeness (QED) is 0.387. The minimum absolute atomic E-state index is 0.670. The molecule has 0 aliphatic rings. The Balaban J connectivity index is 2.56. The fourth-order valence-electron chi connectivity index (χ4n) is 0.159. The van der Waals surface area contributed by atoms with Crippen molar-refractivity contribution in [2.45, 2.75) is 17.6 Å². The van der Waals surface area contributed by atoms with E-state index in [0.717, 1.165) is 24.7 Å². The number of hydrogen-bond donors (Lipinski definition) is 0. The first-order chi connectivity index (χ1) is 3.41. The molecular weight excluding hydrogens is 222 g/mol. The van der Waals surface area contributed by atoms with Gasteiger partial charge in [0.1, 0.15) is 0 Å². The fraction of sp³-hybridized carbons (Fsp3) is 0.750. The molecule has 0 aromatic heterocycles. The number of hydrogen-bond acceptors (Lipinski definition) is 1. The van der Waals surface area contributed by atoms with Crippen LogP contribution in [0, 0.1) is 0 Å². The molecule has 0 aromatic rings. The van der Waals surface area contributed by atoms with Crippen molar-refractivity contribution in [1.82, 2.24) is 0 Å². The SMILES string of the molecule is CC[Se][Se]CC=O. The molecule has 0 radical (unpaired) electrons. The third-order valence-electron chi connectivity index (χ3n) is 0.337. The first-order valence-electron chi connectivity index (χ1n) is 2.10. The van der Waals surface area contributed by atoms with Crippen molar-refractivity contribution in [1.29, 1.82) is 0 Å². The summed E-state index contributed by atoms with van der Waals surface area (Å²) in [5.74, 6) is 0. The van der Waals surface area contributed by atoms with Gasteiger partial charge in [0.2, 0.25) is 0 Å². The van der Waals surface area contributed by atoms with Crippen LogP contribution in [0.4, 0.5) is 0 Å². The zero-order valence-electron chi connectivity index (χ0n) is 4.22. The second kappa shape index (κ2) is 6.71. The third-order valence-corrected chi connectivity index (χ3v) is 7.62. The van der Waals surface area contributed by atoms with Crippen LogP contribution in [0.3, 0.4) is 0 Å². The van der Waals surface area contributed by atoms with Crippen molar-refractivity contribution in [2.75, 3.05) is 0 Å². The molecule has 1 nitrogen and oxygen atoms in total. The Bertz CT molecular complexity index is 47.0. The van der Waals surface area contributed by atoms with Crippen LogP contribution in [-0.4, -0.2) is 32.5 Å². The van der Waals surface area contributed by atoms with Gasteiger partial charge in [-0.05, 0) is 0 Å². The first-order valence-corrected chi connectivity index (χ1v) is 8.85. The van der Waals surface area contributed by atoms with Crippen LogP contribution in [-0.2, 0) is 4.79 Å².